The predicted octanol–water partition coefficient (Wildman–Crippen LogP) is 3.04. The van der Waals surface area contributed by atoms with Gasteiger partial charge in [-0.15, -0.1) is 0 Å². The van der Waals surface area contributed by atoms with Gasteiger partial charge in [0.25, 0.3) is 17.7 Å². The molecule has 0 spiro atoms. The number of halogens is 3. The zero-order valence-corrected chi connectivity index (χ0v) is 15.5. The summed E-state index contributed by atoms with van der Waals surface area (Å²) >= 11 is 0. The number of pyridine rings is 2. The number of nitrogens with zero attached hydrogens (tertiary/aromatic N) is 3. The fraction of sp³-hybridized carbons (Fsp3) is 0.300. The molecule has 6 nitrogen and oxygen atoms in total. The minimum Gasteiger partial charge on any atom is -0.347 e. The number of rotatable bonds is 3. The second-order valence-corrected chi connectivity index (χ2v) is 7.13. The van der Waals surface area contributed by atoms with Gasteiger partial charge in [0.15, 0.2) is 0 Å². The number of carbonyl (C=O) groups excluding carboxylic acids is 2. The highest BCUT2D eigenvalue weighted by Crippen LogP contribution is 2.43. The lowest BCUT2D eigenvalue weighted by Gasteiger charge is -2.30. The molecule has 0 saturated carbocycles. The van der Waals surface area contributed by atoms with Crippen molar-refractivity contribution in [2.24, 2.45) is 0 Å². The van der Waals surface area contributed by atoms with Crippen LogP contribution in [0.15, 0.2) is 47.7 Å². The van der Waals surface area contributed by atoms with Crippen LogP contribution in [0, 0.1) is 12.7 Å². The van der Waals surface area contributed by atoms with Crippen molar-refractivity contribution in [2.75, 3.05) is 11.4 Å². The Morgan fingerprint density at radius 2 is 2.10 bits per heavy atom. The summed E-state index contributed by atoms with van der Waals surface area (Å²) < 4.78 is 42.6. The normalized spacial score (nSPS) is 20.6. The first-order valence-electron chi connectivity index (χ1n) is 9.03. The third-order valence-electron chi connectivity index (χ3n) is 5.02. The van der Waals surface area contributed by atoms with Crippen molar-refractivity contribution in [3.8, 4) is 0 Å². The average molecular weight is 404 g/mol. The molecule has 2 aromatic heterocycles. The number of anilines is 1. The largest absolute Gasteiger partial charge is 0.347 e. The zero-order valence-electron chi connectivity index (χ0n) is 15.5. The van der Waals surface area contributed by atoms with Crippen LogP contribution in [0.4, 0.5) is 19.0 Å². The fourth-order valence-electron chi connectivity index (χ4n) is 3.66. The van der Waals surface area contributed by atoms with E-state index in [2.05, 4.69) is 15.3 Å². The minimum absolute atomic E-state index is 0. The first-order chi connectivity index (χ1) is 13.7. The van der Waals surface area contributed by atoms with E-state index in [0.29, 0.717) is 5.69 Å². The zero-order chi connectivity index (χ0) is 20.8. The monoisotopic (exact) mass is 404 g/mol. The van der Waals surface area contributed by atoms with Crippen LogP contribution in [0.2, 0.25) is 0 Å². The van der Waals surface area contributed by atoms with Gasteiger partial charge in [-0.2, -0.15) is 0 Å². The van der Waals surface area contributed by atoms with E-state index in [4.69, 9.17) is 0 Å². The number of carbonyl (C=O) groups is 2. The van der Waals surface area contributed by atoms with Crippen LogP contribution in [0.1, 0.15) is 30.5 Å². The first-order valence-corrected chi connectivity index (χ1v) is 9.03. The van der Waals surface area contributed by atoms with Crippen molar-refractivity contribution >= 4 is 17.6 Å². The lowest BCUT2D eigenvalue weighted by molar-refractivity contribution is -0.115. The van der Waals surface area contributed by atoms with Gasteiger partial charge >= 0.3 is 0 Å². The lowest BCUT2D eigenvalue weighted by Crippen LogP contribution is -2.43. The van der Waals surface area contributed by atoms with Gasteiger partial charge in [0.2, 0.25) is 0 Å². The van der Waals surface area contributed by atoms with Crippen LogP contribution < -0.4 is 10.2 Å². The molecule has 0 aromatic carbocycles. The molecule has 0 unspecified atom stereocenters. The molecular formula is C20H19F3N4O2. The number of hydrogen-bond donors (Lipinski definition) is 1. The molecule has 29 heavy (non-hydrogen) atoms. The summed E-state index contributed by atoms with van der Waals surface area (Å²) in [5.41, 5.74) is 0.454. The second kappa shape index (κ2) is 6.98. The summed E-state index contributed by atoms with van der Waals surface area (Å²) in [6.45, 7) is 1.41. The van der Waals surface area contributed by atoms with Crippen LogP contribution in [0.25, 0.3) is 0 Å². The number of amides is 2. The summed E-state index contributed by atoms with van der Waals surface area (Å²) in [7, 11) is 0. The van der Waals surface area contributed by atoms with Crippen LogP contribution in [-0.2, 0) is 4.79 Å². The SMILES string of the molecule is Cc1cccc(C(=O)N[C@@H]2CC3=C(CN(c4ccc(F)cn4)C3=O)C(F)(F)C2)n1.[HH]. The molecule has 3 heterocycles. The Hall–Kier alpha value is -3.23. The van der Waals surface area contributed by atoms with Gasteiger partial charge in [-0.25, -0.2) is 23.1 Å². The molecule has 0 radical (unpaired) electrons. The van der Waals surface area contributed by atoms with E-state index in [1.54, 1.807) is 19.1 Å². The summed E-state index contributed by atoms with van der Waals surface area (Å²) in [5, 5.41) is 2.56. The quantitative estimate of drug-likeness (QED) is 0.853. The molecule has 2 aliphatic rings. The Kier molecular flexibility index (Phi) is 4.60. The highest BCUT2D eigenvalue weighted by atomic mass is 19.3. The van der Waals surface area contributed by atoms with E-state index in [1.165, 1.54) is 12.1 Å². The van der Waals surface area contributed by atoms with Crippen LogP contribution in [-0.4, -0.2) is 40.3 Å². The third kappa shape index (κ3) is 3.59. The van der Waals surface area contributed by atoms with Gasteiger partial charge in [-0.3, -0.25) is 14.5 Å². The molecule has 1 atom stereocenters. The van der Waals surface area contributed by atoms with Crippen molar-refractivity contribution in [2.45, 2.75) is 31.7 Å². The third-order valence-corrected chi connectivity index (χ3v) is 5.02. The van der Waals surface area contributed by atoms with E-state index in [1.807, 2.05) is 0 Å². The molecule has 2 amide bonds. The number of aromatic nitrogens is 2. The molecule has 4 rings (SSSR count). The smallest absolute Gasteiger partial charge is 0.273 e. The molecule has 2 aromatic rings. The van der Waals surface area contributed by atoms with Gasteiger partial charge in [0, 0.05) is 30.7 Å². The molecule has 0 saturated heterocycles. The molecule has 1 N–H and O–H groups in total. The van der Waals surface area contributed by atoms with E-state index >= 15 is 0 Å². The summed E-state index contributed by atoms with van der Waals surface area (Å²) in [6.07, 6.45) is 0.302. The average Bonchev–Trinajstić information content (AvgIpc) is 3.00. The molecule has 1 aliphatic heterocycles. The second-order valence-electron chi connectivity index (χ2n) is 7.13. The highest BCUT2D eigenvalue weighted by molar-refractivity contribution is 6.09. The molecule has 9 heteroatoms. The van der Waals surface area contributed by atoms with E-state index < -0.39 is 36.0 Å². The van der Waals surface area contributed by atoms with Crippen molar-refractivity contribution in [3.63, 3.8) is 0 Å². The molecule has 0 fully saturated rings. The topological polar surface area (TPSA) is 75.2 Å². The van der Waals surface area contributed by atoms with E-state index in [-0.39, 0.29) is 37.1 Å². The van der Waals surface area contributed by atoms with E-state index in [9.17, 15) is 22.8 Å². The van der Waals surface area contributed by atoms with Crippen molar-refractivity contribution in [1.29, 1.82) is 0 Å². The summed E-state index contributed by atoms with van der Waals surface area (Å²) in [5.74, 6) is -4.91. The van der Waals surface area contributed by atoms with Crippen LogP contribution in [0.5, 0.6) is 0 Å². The van der Waals surface area contributed by atoms with Crippen LogP contribution in [0.3, 0.4) is 0 Å². The number of nitrogens with one attached hydrogen (secondary N) is 1. The summed E-state index contributed by atoms with van der Waals surface area (Å²) in [4.78, 5) is 34.1. The van der Waals surface area contributed by atoms with Gasteiger partial charge in [-0.05, 0) is 37.6 Å². The maximum atomic E-state index is 14.8. The maximum Gasteiger partial charge on any atom is 0.273 e. The lowest BCUT2D eigenvalue weighted by atomic mass is 9.86. The first kappa shape index (κ1) is 19.1. The molecule has 152 valence electrons. The number of alkyl halides is 2. The van der Waals surface area contributed by atoms with Gasteiger partial charge < -0.3 is 5.32 Å². The molecule has 0 bridgehead atoms. The van der Waals surface area contributed by atoms with E-state index in [0.717, 1.165) is 17.2 Å². The standard InChI is InChI=1S/C20H17F3N4O2.H2/c1-11-3-2-4-16(25-11)18(28)26-13-7-14-15(20(22,23)8-13)10-27(19(14)29)17-6-5-12(21)9-24-17;/h2-6,9,13H,7-8,10H2,1H3,(H,26,28);1H/t13-;/m1./s1. The Labute approximate surface area is 165 Å². The Balaban J connectivity index is 0.00000256. The molecule has 1 aliphatic carbocycles. The van der Waals surface area contributed by atoms with Gasteiger partial charge in [0.05, 0.1) is 12.7 Å². The maximum absolute atomic E-state index is 14.8. The number of aryl methyl sites for hydroxylation is 1. The minimum atomic E-state index is -3.25. The molecular weight excluding hydrogens is 385 g/mol. The van der Waals surface area contributed by atoms with Gasteiger partial charge in [-0.1, -0.05) is 6.07 Å². The Bertz CT molecular complexity index is 1030. The van der Waals surface area contributed by atoms with Gasteiger partial charge in [0.1, 0.15) is 17.3 Å². The fourth-order valence-corrected chi connectivity index (χ4v) is 3.66. The Morgan fingerprint density at radius 3 is 2.79 bits per heavy atom. The van der Waals surface area contributed by atoms with Crippen molar-refractivity contribution < 1.29 is 24.2 Å². The highest BCUT2D eigenvalue weighted by Gasteiger charge is 2.50. The van der Waals surface area contributed by atoms with Crippen molar-refractivity contribution in [3.05, 3.63) is 64.9 Å². The number of hydrogen-bond acceptors (Lipinski definition) is 4. The predicted molar refractivity (Wildman–Crippen MR) is 100 cm³/mol. The Morgan fingerprint density at radius 1 is 1.31 bits per heavy atom. The van der Waals surface area contributed by atoms with Crippen LogP contribution >= 0.6 is 0 Å². The summed E-state index contributed by atoms with van der Waals surface area (Å²) in [6, 6.07) is 6.34. The van der Waals surface area contributed by atoms with Crippen molar-refractivity contribution in [1.82, 2.24) is 15.3 Å².